The van der Waals surface area contributed by atoms with E-state index < -0.39 is 5.60 Å². The summed E-state index contributed by atoms with van der Waals surface area (Å²) in [6.07, 6.45) is 8.98. The molecule has 3 fully saturated rings. The maximum atomic E-state index is 13.5. The van der Waals surface area contributed by atoms with E-state index in [4.69, 9.17) is 10.00 Å². The Balaban J connectivity index is 0.00000189. The molecular formula is C31H40N6O4. The lowest BCUT2D eigenvalue weighted by atomic mass is 10.0. The number of amides is 3. The molecule has 3 aliphatic rings. The highest BCUT2D eigenvalue weighted by molar-refractivity contribution is 5.94. The number of ether oxygens (including phenoxy) is 1. The van der Waals surface area contributed by atoms with Crippen molar-refractivity contribution in [3.05, 3.63) is 47.8 Å². The van der Waals surface area contributed by atoms with Gasteiger partial charge in [-0.1, -0.05) is 24.3 Å². The Hall–Kier alpha value is -4.00. The van der Waals surface area contributed by atoms with Crippen molar-refractivity contribution >= 4 is 17.9 Å². The molecule has 0 radical (unpaired) electrons. The normalized spacial score (nSPS) is 17.4. The fourth-order valence-electron chi connectivity index (χ4n) is 5.40. The van der Waals surface area contributed by atoms with Crippen LogP contribution in [0.15, 0.2) is 36.7 Å². The Morgan fingerprint density at radius 2 is 1.46 bits per heavy atom. The molecule has 0 bridgehead atoms. The highest BCUT2D eigenvalue weighted by Gasteiger charge is 2.40. The summed E-state index contributed by atoms with van der Waals surface area (Å²) in [5.41, 5.74) is 1.78. The zero-order chi connectivity index (χ0) is 29.6. The first kappa shape index (κ1) is 30.0. The molecule has 10 nitrogen and oxygen atoms in total. The molecule has 1 aromatic heterocycles. The molecule has 2 aliphatic heterocycles. The number of carbonyl (C=O) groups is 3. The zero-order valence-corrected chi connectivity index (χ0v) is 24.3. The molecule has 0 unspecified atom stereocenters. The molecule has 1 aliphatic carbocycles. The van der Waals surface area contributed by atoms with Gasteiger partial charge in [0.2, 0.25) is 5.91 Å². The van der Waals surface area contributed by atoms with E-state index in [1.54, 1.807) is 17.3 Å². The number of nitrogens with zero attached hydrogens (tertiary/aromatic N) is 6. The second-order valence-electron chi connectivity index (χ2n) is 11.9. The topological polar surface area (TPSA) is 120 Å². The Morgan fingerprint density at radius 3 is 2.00 bits per heavy atom. The number of aromatic nitrogens is 2. The average Bonchev–Trinajstić information content (AvgIpc) is 3.64. The van der Waals surface area contributed by atoms with E-state index in [0.717, 1.165) is 62.7 Å². The maximum Gasteiger partial charge on any atom is 0.410 e. The first-order chi connectivity index (χ1) is 19.7. The molecule has 2 aromatic rings. The number of likely N-dealkylation sites (tertiary alicyclic amines) is 2. The van der Waals surface area contributed by atoms with Crippen LogP contribution in [0.2, 0.25) is 0 Å². The third kappa shape index (κ3) is 7.81. The first-order valence-corrected chi connectivity index (χ1v) is 14.4. The summed E-state index contributed by atoms with van der Waals surface area (Å²) >= 11 is 0. The number of hydrogen-bond donors (Lipinski definition) is 0. The summed E-state index contributed by atoms with van der Waals surface area (Å²) in [5.74, 6) is 0.679. The van der Waals surface area contributed by atoms with Gasteiger partial charge in [0.15, 0.2) is 5.82 Å². The Bertz CT molecular complexity index is 1220. The predicted octanol–water partition coefficient (Wildman–Crippen LogP) is 4.45. The van der Waals surface area contributed by atoms with Gasteiger partial charge in [-0.2, -0.15) is 0 Å². The van der Waals surface area contributed by atoms with Gasteiger partial charge in [-0.3, -0.25) is 9.59 Å². The molecule has 1 saturated carbocycles. The summed E-state index contributed by atoms with van der Waals surface area (Å²) in [6, 6.07) is 8.08. The highest BCUT2D eigenvalue weighted by Crippen LogP contribution is 2.33. The van der Waals surface area contributed by atoms with Crippen LogP contribution in [0, 0.1) is 11.8 Å². The quantitative estimate of drug-likeness (QED) is 0.512. The standard InChI is InChI=1S/C30H39N5O4.CHN/c1-30(2,3)39-29(38)34-16-12-25(13-17-34)35(24-10-11-24)28(37)23-19-31-27(32-20-23)22-8-6-21(7-9-22)18-26(36)33-14-4-5-15-33;1-2/h6-9,19-20,24-25H,4-5,10-18H2,1-3H3;1H. The van der Waals surface area contributed by atoms with Crippen molar-refractivity contribution < 1.29 is 19.1 Å². The fourth-order valence-corrected chi connectivity index (χ4v) is 5.40. The van der Waals surface area contributed by atoms with Crippen LogP contribution in [-0.4, -0.2) is 86.4 Å². The van der Waals surface area contributed by atoms with E-state index in [1.807, 2.05) is 54.8 Å². The molecule has 10 heteroatoms. The van der Waals surface area contributed by atoms with Crippen molar-refractivity contribution in [2.45, 2.75) is 83.4 Å². The van der Waals surface area contributed by atoms with Crippen molar-refractivity contribution in [1.29, 1.82) is 5.26 Å². The SMILES string of the molecule is C#N.CC(C)(C)OC(=O)N1CCC(N(C(=O)c2cnc(-c3ccc(CC(=O)N4CCCC4)cc3)nc2)C2CC2)CC1. The van der Waals surface area contributed by atoms with Crippen LogP contribution in [0.4, 0.5) is 4.79 Å². The summed E-state index contributed by atoms with van der Waals surface area (Å²) in [4.78, 5) is 53.1. The van der Waals surface area contributed by atoms with Gasteiger partial charge in [0.25, 0.3) is 5.91 Å². The van der Waals surface area contributed by atoms with Gasteiger partial charge in [0.05, 0.1) is 12.0 Å². The molecule has 0 atom stereocenters. The predicted molar refractivity (Wildman–Crippen MR) is 154 cm³/mol. The third-order valence-electron chi connectivity index (χ3n) is 7.61. The largest absolute Gasteiger partial charge is 0.444 e. The number of piperidine rings is 1. The Morgan fingerprint density at radius 1 is 0.902 bits per heavy atom. The number of benzene rings is 1. The first-order valence-electron chi connectivity index (χ1n) is 14.4. The van der Waals surface area contributed by atoms with Gasteiger partial charge >= 0.3 is 6.09 Å². The number of rotatable bonds is 6. The minimum Gasteiger partial charge on any atom is -0.444 e. The number of carbonyl (C=O) groups excluding carboxylic acids is 3. The molecule has 0 N–H and O–H groups in total. The Labute approximate surface area is 242 Å². The van der Waals surface area contributed by atoms with Crippen LogP contribution >= 0.6 is 0 Å². The van der Waals surface area contributed by atoms with E-state index in [9.17, 15) is 14.4 Å². The molecule has 2 saturated heterocycles. The lowest BCUT2D eigenvalue weighted by Crippen LogP contribution is -2.50. The van der Waals surface area contributed by atoms with Crippen LogP contribution in [0.1, 0.15) is 75.2 Å². The second kappa shape index (κ2) is 13.1. The van der Waals surface area contributed by atoms with Crippen LogP contribution < -0.4 is 0 Å². The second-order valence-corrected chi connectivity index (χ2v) is 11.9. The summed E-state index contributed by atoms with van der Waals surface area (Å²) in [7, 11) is 0. The van der Waals surface area contributed by atoms with Crippen LogP contribution in [-0.2, 0) is 16.0 Å². The van der Waals surface area contributed by atoms with Gasteiger partial charge in [-0.15, -0.1) is 0 Å². The van der Waals surface area contributed by atoms with E-state index in [2.05, 4.69) is 16.5 Å². The van der Waals surface area contributed by atoms with Gasteiger partial charge in [0, 0.05) is 62.8 Å². The summed E-state index contributed by atoms with van der Waals surface area (Å²) < 4.78 is 5.51. The van der Waals surface area contributed by atoms with E-state index in [-0.39, 0.29) is 30.0 Å². The molecule has 3 heterocycles. The molecule has 0 spiro atoms. The van der Waals surface area contributed by atoms with Crippen molar-refractivity contribution in [2.24, 2.45) is 0 Å². The summed E-state index contributed by atoms with van der Waals surface area (Å²) in [5, 5.41) is 6.50. The smallest absolute Gasteiger partial charge is 0.410 e. The van der Waals surface area contributed by atoms with E-state index in [1.165, 1.54) is 0 Å². The minimum atomic E-state index is -0.523. The van der Waals surface area contributed by atoms with Gasteiger partial charge in [0.1, 0.15) is 5.60 Å². The van der Waals surface area contributed by atoms with Crippen molar-refractivity contribution in [1.82, 2.24) is 24.7 Å². The monoisotopic (exact) mass is 560 g/mol. The molecular weight excluding hydrogens is 520 g/mol. The van der Waals surface area contributed by atoms with Gasteiger partial charge in [-0.05, 0) is 64.9 Å². The van der Waals surface area contributed by atoms with Crippen LogP contribution in [0.25, 0.3) is 11.4 Å². The average molecular weight is 561 g/mol. The van der Waals surface area contributed by atoms with Crippen LogP contribution in [0.3, 0.4) is 0 Å². The van der Waals surface area contributed by atoms with Crippen molar-refractivity contribution in [3.63, 3.8) is 0 Å². The summed E-state index contributed by atoms with van der Waals surface area (Å²) in [6.45, 7) is 12.0. The lowest BCUT2D eigenvalue weighted by Gasteiger charge is -2.39. The minimum absolute atomic E-state index is 0.0458. The van der Waals surface area contributed by atoms with E-state index in [0.29, 0.717) is 30.9 Å². The fraction of sp³-hybridized carbons (Fsp3) is 0.548. The molecule has 218 valence electrons. The number of hydrogen-bond acceptors (Lipinski definition) is 7. The number of nitriles is 1. The molecule has 3 amide bonds. The maximum absolute atomic E-state index is 13.5. The highest BCUT2D eigenvalue weighted by atomic mass is 16.6. The van der Waals surface area contributed by atoms with Gasteiger partial charge < -0.3 is 19.4 Å². The van der Waals surface area contributed by atoms with Gasteiger partial charge in [-0.25, -0.2) is 20.0 Å². The van der Waals surface area contributed by atoms with E-state index >= 15 is 0 Å². The van der Waals surface area contributed by atoms with Crippen LogP contribution in [0.5, 0.6) is 0 Å². The zero-order valence-electron chi connectivity index (χ0n) is 24.3. The lowest BCUT2D eigenvalue weighted by molar-refractivity contribution is -0.129. The third-order valence-corrected chi connectivity index (χ3v) is 7.61. The van der Waals surface area contributed by atoms with Crippen molar-refractivity contribution in [3.8, 4) is 18.0 Å². The van der Waals surface area contributed by atoms with Crippen molar-refractivity contribution in [2.75, 3.05) is 26.2 Å². The Kier molecular flexibility index (Phi) is 9.58. The molecule has 41 heavy (non-hydrogen) atoms. The molecule has 1 aromatic carbocycles. The molecule has 5 rings (SSSR count).